The normalized spacial score (nSPS) is 15.0. The van der Waals surface area contributed by atoms with Gasteiger partial charge in [-0.2, -0.15) is 13.2 Å². The van der Waals surface area contributed by atoms with E-state index in [9.17, 15) is 26.4 Å². The van der Waals surface area contributed by atoms with E-state index in [4.69, 9.17) is 0 Å². The van der Waals surface area contributed by atoms with E-state index >= 15 is 0 Å². The summed E-state index contributed by atoms with van der Waals surface area (Å²) >= 11 is 0. The number of hydrogen-bond acceptors (Lipinski definition) is 3. The average Bonchev–Trinajstić information content (AvgIpc) is 2.82. The van der Waals surface area contributed by atoms with Crippen molar-refractivity contribution in [3.05, 3.63) is 64.6 Å². The lowest BCUT2D eigenvalue weighted by atomic mass is 10.1. The number of amides is 1. The molecular weight excluding hydrogens is 355 g/mol. The van der Waals surface area contributed by atoms with Gasteiger partial charge in [0.1, 0.15) is 0 Å². The van der Waals surface area contributed by atoms with Crippen molar-refractivity contribution in [3.8, 4) is 0 Å². The number of anilines is 1. The molecule has 0 radical (unpaired) electrons. The summed E-state index contributed by atoms with van der Waals surface area (Å²) in [5.41, 5.74) is 0.484. The Morgan fingerprint density at radius 3 is 2.36 bits per heavy atom. The number of benzene rings is 2. The van der Waals surface area contributed by atoms with Crippen molar-refractivity contribution >= 4 is 27.5 Å². The fraction of sp³-hybridized carbons (Fsp3) is 0.118. The summed E-state index contributed by atoms with van der Waals surface area (Å²) in [6.07, 6.45) is -3.08. The molecule has 1 heterocycles. The Labute approximate surface area is 141 Å². The van der Waals surface area contributed by atoms with Crippen molar-refractivity contribution in [2.75, 3.05) is 5.32 Å². The number of carbonyl (C=O) groups is 1. The molecule has 0 bridgehead atoms. The maximum Gasteiger partial charge on any atom is 0.416 e. The number of fused-ring (bicyclic) bond motifs is 1. The van der Waals surface area contributed by atoms with Gasteiger partial charge in [-0.25, -0.2) is 8.42 Å². The molecular formula is C17H12F3NO3S. The van der Waals surface area contributed by atoms with Gasteiger partial charge in [-0.3, -0.25) is 4.79 Å². The van der Waals surface area contributed by atoms with Crippen LogP contribution in [0.1, 0.15) is 16.7 Å². The first-order valence-electron chi connectivity index (χ1n) is 7.18. The highest BCUT2D eigenvalue weighted by molar-refractivity contribution is 7.94. The zero-order chi connectivity index (χ0) is 18.2. The second kappa shape index (κ2) is 6.03. The molecule has 8 heteroatoms. The minimum Gasteiger partial charge on any atom is -0.326 e. The van der Waals surface area contributed by atoms with Gasteiger partial charge in [-0.15, -0.1) is 0 Å². The van der Waals surface area contributed by atoms with Gasteiger partial charge in [0.25, 0.3) is 0 Å². The molecule has 130 valence electrons. The van der Waals surface area contributed by atoms with E-state index in [1.807, 2.05) is 0 Å². The van der Waals surface area contributed by atoms with Gasteiger partial charge >= 0.3 is 6.18 Å². The molecule has 4 nitrogen and oxygen atoms in total. The van der Waals surface area contributed by atoms with E-state index in [0.29, 0.717) is 16.8 Å². The molecule has 0 aliphatic carbocycles. The van der Waals surface area contributed by atoms with Gasteiger partial charge in [-0.05, 0) is 41.5 Å². The molecule has 3 rings (SSSR count). The molecule has 1 aliphatic heterocycles. The highest BCUT2D eigenvalue weighted by atomic mass is 32.2. The number of rotatable bonds is 3. The van der Waals surface area contributed by atoms with E-state index in [-0.39, 0.29) is 11.3 Å². The summed E-state index contributed by atoms with van der Waals surface area (Å²) < 4.78 is 61.1. The highest BCUT2D eigenvalue weighted by Gasteiger charge is 2.30. The molecule has 0 saturated heterocycles. The van der Waals surface area contributed by atoms with Crippen LogP contribution in [-0.4, -0.2) is 14.3 Å². The van der Waals surface area contributed by atoms with Gasteiger partial charge in [0.2, 0.25) is 15.7 Å². The average molecular weight is 367 g/mol. The monoisotopic (exact) mass is 367 g/mol. The molecule has 0 aromatic heterocycles. The SMILES string of the molecule is O=C(Cc1ccc(C(F)(F)F)cc1)Nc1ccc2c(c1)S(=O)(=O)C=C2. The number of sulfone groups is 1. The third kappa shape index (κ3) is 3.74. The van der Waals surface area contributed by atoms with E-state index in [2.05, 4.69) is 5.32 Å². The molecule has 0 unspecified atom stereocenters. The van der Waals surface area contributed by atoms with Crippen LogP contribution in [0.5, 0.6) is 0 Å². The maximum absolute atomic E-state index is 12.5. The van der Waals surface area contributed by atoms with Crippen molar-refractivity contribution in [1.82, 2.24) is 0 Å². The summed E-state index contributed by atoms with van der Waals surface area (Å²) in [6, 6.07) is 8.79. The summed E-state index contributed by atoms with van der Waals surface area (Å²) in [5, 5.41) is 3.64. The Morgan fingerprint density at radius 1 is 1.04 bits per heavy atom. The van der Waals surface area contributed by atoms with Crippen LogP contribution in [0.2, 0.25) is 0 Å². The summed E-state index contributed by atoms with van der Waals surface area (Å²) in [4.78, 5) is 12.1. The first-order chi connectivity index (χ1) is 11.6. The summed E-state index contributed by atoms with van der Waals surface area (Å²) in [5.74, 6) is -0.455. The molecule has 2 aromatic rings. The summed E-state index contributed by atoms with van der Waals surface area (Å²) in [6.45, 7) is 0. The second-order valence-electron chi connectivity index (χ2n) is 5.52. The second-order valence-corrected chi connectivity index (χ2v) is 7.32. The number of hydrogen-bond donors (Lipinski definition) is 1. The van der Waals surface area contributed by atoms with E-state index in [1.165, 1.54) is 24.3 Å². The molecule has 25 heavy (non-hydrogen) atoms. The Morgan fingerprint density at radius 2 is 1.72 bits per heavy atom. The number of alkyl halides is 3. The van der Waals surface area contributed by atoms with Crippen LogP contribution < -0.4 is 5.32 Å². The van der Waals surface area contributed by atoms with Crippen LogP contribution in [0.25, 0.3) is 6.08 Å². The first kappa shape index (κ1) is 17.2. The van der Waals surface area contributed by atoms with Crippen molar-refractivity contribution in [1.29, 1.82) is 0 Å². The lowest BCUT2D eigenvalue weighted by Gasteiger charge is -2.09. The maximum atomic E-state index is 12.5. The zero-order valence-corrected chi connectivity index (χ0v) is 13.5. The van der Waals surface area contributed by atoms with Crippen LogP contribution in [0.15, 0.2) is 52.8 Å². The van der Waals surface area contributed by atoms with Gasteiger partial charge in [0, 0.05) is 11.1 Å². The van der Waals surface area contributed by atoms with Gasteiger partial charge < -0.3 is 5.32 Å². The topological polar surface area (TPSA) is 63.2 Å². The van der Waals surface area contributed by atoms with Crippen LogP contribution in [0, 0.1) is 0 Å². The fourth-order valence-electron chi connectivity index (χ4n) is 2.43. The molecule has 1 aliphatic rings. The first-order valence-corrected chi connectivity index (χ1v) is 8.73. The predicted octanol–water partition coefficient (Wildman–Crippen LogP) is 3.64. The zero-order valence-electron chi connectivity index (χ0n) is 12.7. The lowest BCUT2D eigenvalue weighted by molar-refractivity contribution is -0.137. The lowest BCUT2D eigenvalue weighted by Crippen LogP contribution is -2.15. The number of carbonyl (C=O) groups excluding carboxylic acids is 1. The molecule has 2 aromatic carbocycles. The third-order valence-corrected chi connectivity index (χ3v) is 5.14. The quantitative estimate of drug-likeness (QED) is 0.901. The van der Waals surface area contributed by atoms with Crippen LogP contribution >= 0.6 is 0 Å². The predicted molar refractivity (Wildman–Crippen MR) is 86.4 cm³/mol. The minimum atomic E-state index is -4.43. The largest absolute Gasteiger partial charge is 0.416 e. The Hall–Kier alpha value is -2.61. The van der Waals surface area contributed by atoms with E-state index in [1.54, 1.807) is 12.1 Å². The fourth-order valence-corrected chi connectivity index (χ4v) is 3.66. The van der Waals surface area contributed by atoms with Crippen molar-refractivity contribution < 1.29 is 26.4 Å². The molecule has 0 spiro atoms. The van der Waals surface area contributed by atoms with Gasteiger partial charge in [-0.1, -0.05) is 18.2 Å². The van der Waals surface area contributed by atoms with Crippen LogP contribution in [0.3, 0.4) is 0 Å². The smallest absolute Gasteiger partial charge is 0.326 e. The van der Waals surface area contributed by atoms with E-state index < -0.39 is 27.5 Å². The van der Waals surface area contributed by atoms with Crippen molar-refractivity contribution in [2.24, 2.45) is 0 Å². The van der Waals surface area contributed by atoms with Gasteiger partial charge in [0.05, 0.1) is 16.9 Å². The molecule has 0 atom stereocenters. The Kier molecular flexibility index (Phi) is 4.16. The van der Waals surface area contributed by atoms with E-state index in [0.717, 1.165) is 17.5 Å². The van der Waals surface area contributed by atoms with Crippen molar-refractivity contribution in [3.63, 3.8) is 0 Å². The number of halogens is 3. The third-order valence-electron chi connectivity index (χ3n) is 3.68. The summed E-state index contributed by atoms with van der Waals surface area (Å²) in [7, 11) is -3.48. The standard InChI is InChI=1S/C17H12F3NO3S/c18-17(19,20)13-4-1-11(2-5-13)9-16(22)21-14-6-3-12-7-8-25(23,24)15(12)10-14/h1-8,10H,9H2,(H,21,22). The van der Waals surface area contributed by atoms with Crippen LogP contribution in [-0.2, 0) is 27.2 Å². The molecule has 1 N–H and O–H groups in total. The highest BCUT2D eigenvalue weighted by Crippen LogP contribution is 2.30. The minimum absolute atomic E-state index is 0.111. The molecule has 0 saturated carbocycles. The Balaban J connectivity index is 1.70. The van der Waals surface area contributed by atoms with Gasteiger partial charge in [0.15, 0.2) is 0 Å². The van der Waals surface area contributed by atoms with Crippen LogP contribution in [0.4, 0.5) is 18.9 Å². The molecule has 1 amide bonds. The number of nitrogens with one attached hydrogen (secondary N) is 1. The van der Waals surface area contributed by atoms with Crippen molar-refractivity contribution in [2.45, 2.75) is 17.5 Å². The molecule has 0 fully saturated rings. The Bertz CT molecular complexity index is 962.